The number of thiophene rings is 5. The fourth-order valence-corrected chi connectivity index (χ4v) is 20.3. The third kappa shape index (κ3) is 26.3. The van der Waals surface area contributed by atoms with Crippen LogP contribution in [0.3, 0.4) is 0 Å². The van der Waals surface area contributed by atoms with E-state index < -0.39 is 0 Å². The molecule has 21 nitrogen and oxygen atoms in total. The number of amides is 1. The minimum atomic E-state index is 0.209. The Morgan fingerprint density at radius 1 is 0.328 bits per heavy atom. The van der Waals surface area contributed by atoms with Crippen LogP contribution in [0.2, 0.25) is 0 Å². The second-order valence-corrected chi connectivity index (χ2v) is 38.5. The molecule has 0 bridgehead atoms. The van der Waals surface area contributed by atoms with Gasteiger partial charge in [-0.05, 0) is 340 Å². The fourth-order valence-electron chi connectivity index (χ4n) is 17.1. The summed E-state index contributed by atoms with van der Waals surface area (Å²) in [6.45, 7) is 38.7. The van der Waals surface area contributed by atoms with E-state index in [0.29, 0.717) is 35.6 Å². The third-order valence-corrected chi connectivity index (χ3v) is 28.7. The number of hydrogen-bond acceptors (Lipinski definition) is 20. The van der Waals surface area contributed by atoms with Crippen molar-refractivity contribution in [2.24, 2.45) is 53.6 Å². The first-order valence-electron chi connectivity index (χ1n) is 45.2. The maximum atomic E-state index is 12.3. The van der Waals surface area contributed by atoms with E-state index in [0.717, 1.165) is 201 Å². The predicted octanol–water partition coefficient (Wildman–Crippen LogP) is 19.7. The van der Waals surface area contributed by atoms with Gasteiger partial charge in [0.1, 0.15) is 29.2 Å². The summed E-state index contributed by atoms with van der Waals surface area (Å²) in [7, 11) is 8.29. The van der Waals surface area contributed by atoms with E-state index in [4.69, 9.17) is 28.7 Å². The molecule has 5 aromatic heterocycles. The van der Waals surface area contributed by atoms with Gasteiger partial charge in [-0.3, -0.25) is 4.79 Å². The summed E-state index contributed by atoms with van der Waals surface area (Å²) < 4.78 is 0. The molecule has 1 amide bonds. The van der Waals surface area contributed by atoms with Gasteiger partial charge in [0, 0.05) is 117 Å². The maximum absolute atomic E-state index is 12.3. The number of benzene rings is 5. The Labute approximate surface area is 779 Å². The summed E-state index contributed by atoms with van der Waals surface area (Å²) in [6, 6.07) is 51.6. The standard InChI is InChI=1S/C22H28N4S.C21H26N4S.C21H28N4S.C19H24N4OS.C19H24N4S/c1-17-7-8-18-16-19(24-22(23)21-6-5-15-27-21)9-10-20(18)26(17)14-13-25-11-3-2-4-12-25;1-16-6-7-17-15-18(23-21(22)20-5-4-14-26-20)8-9-19(17)25(16)13-12-24-10-2-3-11-24;1-4-24(5-2)12-13-25-16(3)8-9-17-15-18(10-11-19(17)25)23-21(22)20-7-6-14-26-20;1-22(2)10-4-11-23-16-8-7-15(13-14(16)6-9-18(23)24)21-19(20)17-5-3-12-25-17;1-14-6-7-15-13-16(21-19(20)18-5-4-12-24-18)8-9-17(15)23(14)11-10-22(2)3/h5-6,9-10,15-16H,1-4,7-8,11-14H2,(H2,23,24);4-5,8-9,14-15H,1-3,6-7,10-13H2,(H2,22,23);6-7,10-11,14-15H,3-5,8-9,12-13H2,1-2H3,(H2,22,23);3,5,7-8,12-13H,4,6,9-11H2,1-2H3,(H2,20,21);4-5,8-9,12-13H,1,6-7,10-11H2,2-3H3,(H2,20,21). The second kappa shape index (κ2) is 47.1. The van der Waals surface area contributed by atoms with Gasteiger partial charge in [0.25, 0.3) is 0 Å². The number of aliphatic imine (C=N–C) groups is 5. The van der Waals surface area contributed by atoms with Crippen LogP contribution in [0.25, 0.3) is 0 Å². The van der Waals surface area contributed by atoms with E-state index in [2.05, 4.69) is 196 Å². The fraction of sp³-hybridized carbons (Fsp3) is 0.373. The lowest BCUT2D eigenvalue weighted by Crippen LogP contribution is -2.38. The molecular formula is C102H130N20OS5. The number of anilines is 5. The highest BCUT2D eigenvalue weighted by atomic mass is 32.1. The number of nitrogens with two attached hydrogens (primary N) is 5. The molecule has 26 heteroatoms. The normalized spacial score (nSPS) is 16.4. The molecule has 7 aliphatic rings. The van der Waals surface area contributed by atoms with Gasteiger partial charge in [0.2, 0.25) is 5.91 Å². The molecule has 0 spiro atoms. The molecule has 2 saturated heterocycles. The SMILES string of the molecule is C=C1CCc2cc(N=C(N)c3cccs3)ccc2N1CCN(C)C.C=C1CCc2cc(N=C(N)c3cccs3)ccc2N1CCN(CC)CC.C=C1CCc2cc(N=C(N)c3cccs3)ccc2N1CCN1CCCC1.C=C1CCc2cc(N=C(N)c3cccs3)ccc2N1CCN1CCCCC1.CN(C)CCCN1C(=O)CCc2cc(N=C(N)c3cccs3)ccc21. The van der Waals surface area contributed by atoms with Gasteiger partial charge in [-0.1, -0.05) is 76.9 Å². The number of piperidine rings is 1. The van der Waals surface area contributed by atoms with Crippen molar-refractivity contribution in [1.82, 2.24) is 24.5 Å². The highest BCUT2D eigenvalue weighted by Crippen LogP contribution is 2.41. The van der Waals surface area contributed by atoms with E-state index >= 15 is 0 Å². The molecule has 0 radical (unpaired) electrons. The van der Waals surface area contributed by atoms with E-state index in [1.54, 1.807) is 56.7 Å². The van der Waals surface area contributed by atoms with Gasteiger partial charge in [-0.2, -0.15) is 0 Å². The third-order valence-electron chi connectivity index (χ3n) is 24.3. The van der Waals surface area contributed by atoms with Crippen LogP contribution in [0.15, 0.2) is 253 Å². The molecule has 128 heavy (non-hydrogen) atoms. The molecule has 10 N–H and O–H groups in total. The van der Waals surface area contributed by atoms with Crippen molar-refractivity contribution in [1.29, 1.82) is 0 Å². The number of amidine groups is 5. The Balaban J connectivity index is 0.000000137. The van der Waals surface area contributed by atoms with Crippen LogP contribution in [0, 0.1) is 0 Å². The molecular weight excluding hydrogens is 1680 g/mol. The summed E-state index contributed by atoms with van der Waals surface area (Å²) in [5.41, 5.74) is 52.7. The van der Waals surface area contributed by atoms with Gasteiger partial charge in [0.15, 0.2) is 0 Å². The molecule has 17 rings (SSSR count). The number of nitrogens with zero attached hydrogens (tertiary/aromatic N) is 15. The Kier molecular flexibility index (Phi) is 34.9. The van der Waals surface area contributed by atoms with Crippen LogP contribution in [-0.2, 0) is 36.9 Å². The van der Waals surface area contributed by atoms with Crippen LogP contribution in [0.1, 0.15) is 137 Å². The quantitative estimate of drug-likeness (QED) is 0.0226. The molecule has 0 aliphatic carbocycles. The van der Waals surface area contributed by atoms with Crippen molar-refractivity contribution in [2.45, 2.75) is 117 Å². The number of allylic oxidation sites excluding steroid dienone is 4. The smallest absolute Gasteiger partial charge is 0.227 e. The van der Waals surface area contributed by atoms with E-state index in [-0.39, 0.29) is 5.91 Å². The zero-order valence-electron chi connectivity index (χ0n) is 75.8. The zero-order valence-corrected chi connectivity index (χ0v) is 79.9. The summed E-state index contributed by atoms with van der Waals surface area (Å²) in [6.07, 6.45) is 17.1. The molecule has 12 heterocycles. The first kappa shape index (κ1) is 95.0. The number of hydrogen-bond donors (Lipinski definition) is 5. The Morgan fingerprint density at radius 3 is 0.883 bits per heavy atom. The van der Waals surface area contributed by atoms with E-state index in [1.165, 1.54) is 132 Å². The monoisotopic (exact) mass is 1810 g/mol. The molecule has 0 unspecified atom stereocenters. The minimum absolute atomic E-state index is 0.209. The topological polar surface area (TPSA) is 241 Å². The second-order valence-electron chi connectivity index (χ2n) is 33.8. The first-order chi connectivity index (χ1) is 62.1. The van der Waals surface area contributed by atoms with Crippen LogP contribution in [0.5, 0.6) is 0 Å². The average Bonchev–Trinajstić information content (AvgIpc) is 0.872. The van der Waals surface area contributed by atoms with Crippen molar-refractivity contribution in [2.75, 3.05) is 157 Å². The lowest BCUT2D eigenvalue weighted by molar-refractivity contribution is -0.118. The number of fused-ring (bicyclic) bond motifs is 5. The minimum Gasteiger partial charge on any atom is -0.383 e. The van der Waals surface area contributed by atoms with Crippen molar-refractivity contribution >= 4 is 149 Å². The van der Waals surface area contributed by atoms with Gasteiger partial charge >= 0.3 is 0 Å². The first-order valence-corrected chi connectivity index (χ1v) is 49.6. The number of likely N-dealkylation sites (N-methyl/N-ethyl adjacent to an activating group) is 2. The highest BCUT2D eigenvalue weighted by Gasteiger charge is 2.29. The van der Waals surface area contributed by atoms with E-state index in [1.807, 2.05) is 125 Å². The number of rotatable bonds is 28. The zero-order chi connectivity index (χ0) is 90.0. The van der Waals surface area contributed by atoms with Crippen LogP contribution < -0.4 is 53.2 Å². The molecule has 10 aromatic rings. The van der Waals surface area contributed by atoms with Crippen molar-refractivity contribution < 1.29 is 4.79 Å². The van der Waals surface area contributed by atoms with Crippen LogP contribution in [0.4, 0.5) is 56.9 Å². The summed E-state index contributed by atoms with van der Waals surface area (Å²) in [4.78, 5) is 63.7. The van der Waals surface area contributed by atoms with Gasteiger partial charge in [0.05, 0.1) is 52.8 Å². The highest BCUT2D eigenvalue weighted by molar-refractivity contribution is 7.13. The van der Waals surface area contributed by atoms with Gasteiger partial charge < -0.3 is 77.7 Å². The number of carbonyl (C=O) groups is 1. The summed E-state index contributed by atoms with van der Waals surface area (Å²) >= 11 is 8.04. The largest absolute Gasteiger partial charge is 0.383 e. The van der Waals surface area contributed by atoms with E-state index in [9.17, 15) is 4.79 Å². The number of aryl methyl sites for hydroxylation is 5. The summed E-state index contributed by atoms with van der Waals surface area (Å²) in [5.74, 6) is 3.08. The maximum Gasteiger partial charge on any atom is 0.227 e. The molecule has 0 atom stereocenters. The molecule has 0 saturated carbocycles. The molecule has 674 valence electrons. The lowest BCUT2D eigenvalue weighted by Gasteiger charge is -2.36. The molecule has 7 aliphatic heterocycles. The Morgan fingerprint density at radius 2 is 0.602 bits per heavy atom. The Bertz CT molecular complexity index is 5350. The van der Waals surface area contributed by atoms with Crippen LogP contribution in [-0.4, -0.2) is 192 Å². The Hall–Kier alpha value is -10.6. The van der Waals surface area contributed by atoms with Gasteiger partial charge in [-0.25, -0.2) is 25.0 Å². The average molecular weight is 1810 g/mol. The van der Waals surface area contributed by atoms with Crippen molar-refractivity contribution in [3.05, 3.63) is 280 Å². The molecule has 5 aromatic carbocycles. The predicted molar refractivity (Wildman–Crippen MR) is 551 cm³/mol. The number of carbonyl (C=O) groups excluding carboxylic acids is 1. The summed E-state index contributed by atoms with van der Waals surface area (Å²) in [5, 5.41) is 10.1. The van der Waals surface area contributed by atoms with Crippen LogP contribution >= 0.6 is 56.7 Å². The van der Waals surface area contributed by atoms with Crippen molar-refractivity contribution in [3.8, 4) is 0 Å². The van der Waals surface area contributed by atoms with Crippen molar-refractivity contribution in [3.63, 3.8) is 0 Å². The number of likely N-dealkylation sites (tertiary alicyclic amines) is 2. The lowest BCUT2D eigenvalue weighted by atomic mass is 9.99. The van der Waals surface area contributed by atoms with Gasteiger partial charge in [-0.15, -0.1) is 56.7 Å². The molecule has 2 fully saturated rings.